The molecule has 6 atom stereocenters. The Morgan fingerprint density at radius 2 is 1.69 bits per heavy atom. The van der Waals surface area contributed by atoms with Crippen LogP contribution in [0.2, 0.25) is 18.1 Å². The Morgan fingerprint density at radius 1 is 1.06 bits per heavy atom. The van der Waals surface area contributed by atoms with Crippen LogP contribution in [0.4, 0.5) is 13.2 Å². The molecule has 284 valence electrons. The zero-order valence-corrected chi connectivity index (χ0v) is 30.6. The number of phenols is 2. The Kier molecular flexibility index (Phi) is 10.2. The number of ether oxygens (including phenoxy) is 3. The van der Waals surface area contributed by atoms with Gasteiger partial charge >= 0.3 is 12.1 Å². The number of methoxy groups -OCH3 is 1. The zero-order valence-electron chi connectivity index (χ0n) is 29.6. The number of ketones is 3. The number of fused-ring (bicyclic) bond motifs is 3. The van der Waals surface area contributed by atoms with E-state index in [0.29, 0.717) is 0 Å². The van der Waals surface area contributed by atoms with E-state index in [1.165, 1.54) is 32.2 Å². The summed E-state index contributed by atoms with van der Waals surface area (Å²) < 4.78 is 62.5. The van der Waals surface area contributed by atoms with Gasteiger partial charge in [-0.05, 0) is 31.1 Å². The van der Waals surface area contributed by atoms with Crippen molar-refractivity contribution in [2.45, 2.75) is 108 Å². The van der Waals surface area contributed by atoms with Gasteiger partial charge in [-0.25, -0.2) is 0 Å². The van der Waals surface area contributed by atoms with Crippen LogP contribution in [0.1, 0.15) is 89.6 Å². The minimum Gasteiger partial charge on any atom is -0.507 e. The topological polar surface area (TPSA) is 198 Å². The molecule has 1 saturated heterocycles. The van der Waals surface area contributed by atoms with Gasteiger partial charge in [0.25, 0.3) is 0 Å². The van der Waals surface area contributed by atoms with Gasteiger partial charge in [-0.15, -0.1) is 0 Å². The molecule has 5 N–H and O–H groups in total. The lowest BCUT2D eigenvalue weighted by Crippen LogP contribution is -2.57. The number of halogens is 3. The maximum Gasteiger partial charge on any atom is 0.471 e. The number of phenolic OH excluding ortho intramolecular Hbond substituents is 2. The number of alkyl halides is 3. The normalized spacial score (nSPS) is 26.3. The van der Waals surface area contributed by atoms with Gasteiger partial charge in [0, 0.05) is 36.0 Å². The number of amides is 1. The standard InChI is InChI=1S/C35H42F3NO12Si/c1-15-27(41)18(39-32(46)35(36,37)38)11-22(50-15)51-20-13-34(47,21(40)14-49-52(6,7)33(2,3)4)12-17-24(20)31(45)26-25(29(17)43)28(42)16-9-8-10-19(48-5)23(16)30(26)44/h8-10,15,18,20,22,27,41,43,45,47H,11-14H2,1-7H3,(H,39,46)/t15-,18-,20-,22-,27+,34-/m0/s1. The largest absolute Gasteiger partial charge is 0.507 e. The minimum absolute atomic E-state index is 0.0164. The highest BCUT2D eigenvalue weighted by molar-refractivity contribution is 6.74. The molecule has 2 aromatic rings. The van der Waals surface area contributed by atoms with E-state index in [2.05, 4.69) is 0 Å². The molecule has 1 heterocycles. The summed E-state index contributed by atoms with van der Waals surface area (Å²) >= 11 is 0. The summed E-state index contributed by atoms with van der Waals surface area (Å²) in [5, 5.41) is 47.4. The van der Waals surface area contributed by atoms with Crippen LogP contribution in [0, 0.1) is 0 Å². The number of carbonyl (C=O) groups excluding carboxylic acids is 4. The van der Waals surface area contributed by atoms with Gasteiger partial charge in [-0.3, -0.25) is 19.2 Å². The van der Waals surface area contributed by atoms with Crippen LogP contribution in [-0.4, -0.2) is 102 Å². The molecule has 0 radical (unpaired) electrons. The smallest absolute Gasteiger partial charge is 0.471 e. The first kappa shape index (κ1) is 39.3. The van der Waals surface area contributed by atoms with Crippen molar-refractivity contribution in [3.05, 3.63) is 51.6 Å². The van der Waals surface area contributed by atoms with Crippen LogP contribution >= 0.6 is 0 Å². The van der Waals surface area contributed by atoms with Crippen LogP contribution < -0.4 is 10.1 Å². The minimum atomic E-state index is -5.27. The van der Waals surface area contributed by atoms with Gasteiger partial charge < -0.3 is 44.4 Å². The van der Waals surface area contributed by atoms with E-state index in [4.69, 9.17) is 18.6 Å². The van der Waals surface area contributed by atoms with Gasteiger partial charge in [-0.2, -0.15) is 13.2 Å². The zero-order chi connectivity index (χ0) is 38.9. The molecule has 1 aliphatic heterocycles. The Bertz CT molecular complexity index is 1820. The van der Waals surface area contributed by atoms with Crippen LogP contribution in [0.25, 0.3) is 0 Å². The molecule has 0 unspecified atom stereocenters. The number of hydrogen-bond donors (Lipinski definition) is 5. The summed E-state index contributed by atoms with van der Waals surface area (Å²) in [7, 11) is -1.26. The van der Waals surface area contributed by atoms with Crippen LogP contribution in [0.15, 0.2) is 18.2 Å². The van der Waals surface area contributed by atoms with Crippen molar-refractivity contribution >= 4 is 31.6 Å². The number of aromatic hydroxyl groups is 2. The molecule has 1 amide bonds. The van der Waals surface area contributed by atoms with Crippen molar-refractivity contribution in [3.63, 3.8) is 0 Å². The first-order valence-corrected chi connectivity index (χ1v) is 19.5. The lowest BCUT2D eigenvalue weighted by Gasteiger charge is -2.43. The summed E-state index contributed by atoms with van der Waals surface area (Å²) in [6, 6.07) is 2.69. The van der Waals surface area contributed by atoms with Gasteiger partial charge in [-0.1, -0.05) is 32.9 Å². The molecule has 17 heteroatoms. The first-order chi connectivity index (χ1) is 23.9. The maximum absolute atomic E-state index is 13.9. The lowest BCUT2D eigenvalue weighted by molar-refractivity contribution is -0.250. The van der Waals surface area contributed by atoms with Crippen molar-refractivity contribution in [1.29, 1.82) is 0 Å². The van der Waals surface area contributed by atoms with Gasteiger partial charge in [0.15, 0.2) is 26.2 Å². The maximum atomic E-state index is 13.9. The number of carbonyl (C=O) groups is 4. The SMILES string of the molecule is COc1cccc2c1C(=O)c1c(O)c3c(c(O)c1C2=O)C[C@@](O)(C(=O)CO[Si](C)(C)C(C)(C)C)C[C@@H]3O[C@H]1C[C@H](NC(=O)C(F)(F)F)[C@H](O)[C@H](C)O1. The molecule has 13 nitrogen and oxygen atoms in total. The molecule has 2 aromatic carbocycles. The van der Waals surface area contributed by atoms with E-state index in [-0.39, 0.29) is 33.0 Å². The summed E-state index contributed by atoms with van der Waals surface area (Å²) in [5.74, 6) is -6.46. The molecule has 3 aliphatic rings. The lowest BCUT2D eigenvalue weighted by atomic mass is 9.72. The van der Waals surface area contributed by atoms with E-state index in [1.807, 2.05) is 33.9 Å². The second kappa shape index (κ2) is 13.5. The number of benzene rings is 2. The number of nitrogens with one attached hydrogen (secondary N) is 1. The van der Waals surface area contributed by atoms with Gasteiger partial charge in [0.05, 0.1) is 48.7 Å². The van der Waals surface area contributed by atoms with Crippen molar-refractivity contribution in [2.75, 3.05) is 13.7 Å². The molecule has 2 aliphatic carbocycles. The highest BCUT2D eigenvalue weighted by atomic mass is 28.4. The number of Topliss-reactive ketones (excluding diaryl/α,β-unsaturated/α-hetero) is 1. The molecule has 5 rings (SSSR count). The van der Waals surface area contributed by atoms with Crippen molar-refractivity contribution in [2.24, 2.45) is 0 Å². The molecule has 52 heavy (non-hydrogen) atoms. The van der Waals surface area contributed by atoms with Gasteiger partial charge in [0.2, 0.25) is 5.78 Å². The molecule has 1 fully saturated rings. The fourth-order valence-corrected chi connectivity index (χ4v) is 7.48. The van der Waals surface area contributed by atoms with E-state index in [0.717, 1.165) is 0 Å². The highest BCUT2D eigenvalue weighted by Gasteiger charge is 2.52. The molecular formula is C35H42F3NO12Si. The third-order valence-electron chi connectivity index (χ3n) is 10.6. The van der Waals surface area contributed by atoms with E-state index in [1.54, 1.807) is 5.32 Å². The number of aliphatic hydroxyl groups excluding tert-OH is 1. The van der Waals surface area contributed by atoms with Crippen molar-refractivity contribution in [1.82, 2.24) is 5.32 Å². The van der Waals surface area contributed by atoms with Crippen LogP contribution in [-0.2, 0) is 29.9 Å². The molecule has 0 spiro atoms. The third kappa shape index (κ3) is 6.85. The highest BCUT2D eigenvalue weighted by Crippen LogP contribution is 2.53. The molecular weight excluding hydrogens is 711 g/mol. The number of aliphatic hydroxyl groups is 2. The Hall–Kier alpha value is -3.87. The predicted molar refractivity (Wildman–Crippen MR) is 178 cm³/mol. The average molecular weight is 754 g/mol. The fraction of sp³-hybridized carbons (Fsp3) is 0.543. The molecule has 0 bridgehead atoms. The second-order valence-corrected chi connectivity index (χ2v) is 19.8. The predicted octanol–water partition coefficient (Wildman–Crippen LogP) is 3.75. The van der Waals surface area contributed by atoms with Gasteiger partial charge in [0.1, 0.15) is 29.0 Å². The van der Waals surface area contributed by atoms with Crippen molar-refractivity contribution in [3.8, 4) is 17.2 Å². The molecule has 0 saturated carbocycles. The summed E-state index contributed by atoms with van der Waals surface area (Å²) in [5.41, 5.74) is -4.40. The monoisotopic (exact) mass is 753 g/mol. The summed E-state index contributed by atoms with van der Waals surface area (Å²) in [6.45, 7) is 10.4. The number of hydrogen-bond acceptors (Lipinski definition) is 12. The Labute approximate surface area is 298 Å². The third-order valence-corrected chi connectivity index (χ3v) is 15.0. The van der Waals surface area contributed by atoms with Crippen LogP contribution in [0.5, 0.6) is 17.2 Å². The Balaban J connectivity index is 1.60. The van der Waals surface area contributed by atoms with Crippen molar-refractivity contribution < 1.29 is 71.4 Å². The fourth-order valence-electron chi connectivity index (χ4n) is 6.56. The summed E-state index contributed by atoms with van der Waals surface area (Å²) in [6.07, 6.45) is -13.0. The average Bonchev–Trinajstić information content (AvgIpc) is 3.04. The first-order valence-electron chi connectivity index (χ1n) is 16.6. The van der Waals surface area contributed by atoms with E-state index >= 15 is 0 Å². The second-order valence-electron chi connectivity index (χ2n) is 15.0. The van der Waals surface area contributed by atoms with E-state index < -0.39 is 122 Å². The van der Waals surface area contributed by atoms with Crippen LogP contribution in [0.3, 0.4) is 0 Å². The molecule has 0 aromatic heterocycles. The Morgan fingerprint density at radius 3 is 2.29 bits per heavy atom. The number of rotatable bonds is 8. The summed E-state index contributed by atoms with van der Waals surface area (Å²) in [4.78, 5) is 53.4. The quantitative estimate of drug-likeness (QED) is 0.165. The van der Waals surface area contributed by atoms with E-state index in [9.17, 15) is 52.8 Å².